The van der Waals surface area contributed by atoms with Gasteiger partial charge in [-0.2, -0.15) is 0 Å². The van der Waals surface area contributed by atoms with Crippen LogP contribution in [0.5, 0.6) is 6.01 Å². The number of hydrogen-bond acceptors (Lipinski definition) is 5. The lowest BCUT2D eigenvalue weighted by Gasteiger charge is -2.11. The number of nitrogens with two attached hydrogens (primary N) is 1. The molecule has 2 rings (SSSR count). The molecule has 0 aliphatic heterocycles. The quantitative estimate of drug-likeness (QED) is 0.810. The van der Waals surface area contributed by atoms with Gasteiger partial charge in [0, 0.05) is 23.1 Å². The number of amides is 1. The van der Waals surface area contributed by atoms with E-state index in [1.165, 1.54) is 17.7 Å². The number of aryl methyl sites for hydroxylation is 1. The van der Waals surface area contributed by atoms with E-state index >= 15 is 0 Å². The number of nitrogens with zero attached hydrogens (tertiary/aromatic N) is 2. The Morgan fingerprint density at radius 2 is 2.05 bits per heavy atom. The van der Waals surface area contributed by atoms with Crippen LogP contribution in [0, 0.1) is 6.92 Å². The van der Waals surface area contributed by atoms with E-state index in [4.69, 9.17) is 10.5 Å². The molecule has 7 heteroatoms. The molecule has 1 aromatic carbocycles. The van der Waals surface area contributed by atoms with Crippen molar-refractivity contribution in [3.63, 3.8) is 0 Å². The molecule has 0 atom stereocenters. The van der Waals surface area contributed by atoms with Gasteiger partial charge in [-0.05, 0) is 31.2 Å². The van der Waals surface area contributed by atoms with Crippen molar-refractivity contribution in [1.82, 2.24) is 9.55 Å². The van der Waals surface area contributed by atoms with Crippen LogP contribution in [0.2, 0.25) is 0 Å². The van der Waals surface area contributed by atoms with Crippen molar-refractivity contribution in [2.24, 2.45) is 0 Å². The van der Waals surface area contributed by atoms with Gasteiger partial charge in [-0.3, -0.25) is 14.2 Å². The molecule has 0 aliphatic rings. The first-order chi connectivity index (χ1) is 9.99. The molecule has 2 aromatic rings. The Labute approximate surface area is 121 Å². The van der Waals surface area contributed by atoms with Crippen LogP contribution < -0.4 is 21.3 Å². The zero-order valence-corrected chi connectivity index (χ0v) is 11.8. The summed E-state index contributed by atoms with van der Waals surface area (Å²) in [5.74, 6) is -0.356. The Kier molecular flexibility index (Phi) is 4.22. The minimum Gasteiger partial charge on any atom is -0.468 e. The average Bonchev–Trinajstić information content (AvgIpc) is 2.44. The van der Waals surface area contributed by atoms with Crippen molar-refractivity contribution < 1.29 is 9.53 Å². The van der Waals surface area contributed by atoms with Crippen LogP contribution >= 0.6 is 0 Å². The highest BCUT2D eigenvalue weighted by Crippen LogP contribution is 2.11. The van der Waals surface area contributed by atoms with Crippen molar-refractivity contribution in [2.45, 2.75) is 13.5 Å². The van der Waals surface area contributed by atoms with E-state index in [0.29, 0.717) is 17.1 Å². The maximum absolute atomic E-state index is 12.0. The van der Waals surface area contributed by atoms with Crippen LogP contribution in [0.1, 0.15) is 5.69 Å². The van der Waals surface area contributed by atoms with Crippen molar-refractivity contribution in [3.8, 4) is 6.01 Å². The third-order valence-electron chi connectivity index (χ3n) is 2.78. The molecule has 0 bridgehead atoms. The van der Waals surface area contributed by atoms with Crippen LogP contribution in [-0.2, 0) is 11.3 Å². The van der Waals surface area contributed by atoms with E-state index in [0.717, 1.165) is 0 Å². The number of carbonyl (C=O) groups excluding carboxylic acids is 1. The SMILES string of the molecule is COc1nc(C)cc(=O)n1CC(=O)Nc1ccc(N)cc1. The highest BCUT2D eigenvalue weighted by Gasteiger charge is 2.11. The summed E-state index contributed by atoms with van der Waals surface area (Å²) in [5, 5.41) is 2.67. The molecule has 0 saturated carbocycles. The normalized spacial score (nSPS) is 10.2. The molecular weight excluding hydrogens is 272 g/mol. The molecule has 0 aliphatic carbocycles. The fourth-order valence-corrected chi connectivity index (χ4v) is 1.81. The van der Waals surface area contributed by atoms with Gasteiger partial charge in [0.2, 0.25) is 5.91 Å². The zero-order valence-electron chi connectivity index (χ0n) is 11.8. The minimum absolute atomic E-state index is 0.104. The number of benzene rings is 1. The molecule has 0 fully saturated rings. The van der Waals surface area contributed by atoms with Gasteiger partial charge in [0.15, 0.2) is 0 Å². The molecule has 7 nitrogen and oxygen atoms in total. The van der Waals surface area contributed by atoms with E-state index in [2.05, 4.69) is 10.3 Å². The summed E-state index contributed by atoms with van der Waals surface area (Å²) in [6.07, 6.45) is 0. The second-order valence-corrected chi connectivity index (χ2v) is 4.48. The molecule has 1 heterocycles. The summed E-state index contributed by atoms with van der Waals surface area (Å²) in [7, 11) is 1.40. The van der Waals surface area contributed by atoms with E-state index in [1.807, 2.05) is 0 Å². The molecule has 21 heavy (non-hydrogen) atoms. The van der Waals surface area contributed by atoms with Gasteiger partial charge in [-0.1, -0.05) is 0 Å². The number of methoxy groups -OCH3 is 1. The van der Waals surface area contributed by atoms with Gasteiger partial charge in [-0.25, -0.2) is 4.98 Å². The fraction of sp³-hybridized carbons (Fsp3) is 0.214. The van der Waals surface area contributed by atoms with Crippen molar-refractivity contribution in [3.05, 3.63) is 46.4 Å². The summed E-state index contributed by atoms with van der Waals surface area (Å²) in [5.41, 5.74) is 6.97. The number of nitrogens with one attached hydrogen (secondary N) is 1. The number of rotatable bonds is 4. The molecule has 0 radical (unpaired) electrons. The number of nitrogen functional groups attached to an aromatic ring is 1. The first-order valence-corrected chi connectivity index (χ1v) is 6.27. The van der Waals surface area contributed by atoms with Crippen LogP contribution in [0.3, 0.4) is 0 Å². The van der Waals surface area contributed by atoms with Gasteiger partial charge in [0.25, 0.3) is 11.6 Å². The van der Waals surface area contributed by atoms with Crippen molar-refractivity contribution in [1.29, 1.82) is 0 Å². The molecule has 0 unspecified atom stereocenters. The van der Waals surface area contributed by atoms with Crippen LogP contribution in [0.4, 0.5) is 11.4 Å². The lowest BCUT2D eigenvalue weighted by Crippen LogP contribution is -2.29. The highest BCUT2D eigenvalue weighted by atomic mass is 16.5. The smallest absolute Gasteiger partial charge is 0.299 e. The maximum Gasteiger partial charge on any atom is 0.299 e. The Bertz CT molecular complexity index is 707. The van der Waals surface area contributed by atoms with E-state index in [-0.39, 0.29) is 24.0 Å². The lowest BCUT2D eigenvalue weighted by molar-refractivity contribution is -0.116. The molecule has 1 amide bonds. The fourth-order valence-electron chi connectivity index (χ4n) is 1.81. The number of anilines is 2. The Morgan fingerprint density at radius 3 is 2.67 bits per heavy atom. The summed E-state index contributed by atoms with van der Waals surface area (Å²) in [6, 6.07) is 8.17. The van der Waals surface area contributed by atoms with Crippen molar-refractivity contribution in [2.75, 3.05) is 18.2 Å². The molecule has 110 valence electrons. The number of aromatic nitrogens is 2. The predicted octanol–water partition coefficient (Wildman–Crippen LogP) is 0.781. The van der Waals surface area contributed by atoms with Crippen molar-refractivity contribution >= 4 is 17.3 Å². The minimum atomic E-state index is -0.356. The van der Waals surface area contributed by atoms with Gasteiger partial charge >= 0.3 is 0 Å². The number of hydrogen-bond donors (Lipinski definition) is 2. The molecular formula is C14H16N4O3. The van der Waals surface area contributed by atoms with Crippen LogP contribution in [0.15, 0.2) is 35.1 Å². The van der Waals surface area contributed by atoms with E-state index in [1.54, 1.807) is 31.2 Å². The Morgan fingerprint density at radius 1 is 1.38 bits per heavy atom. The number of ether oxygens (including phenoxy) is 1. The topological polar surface area (TPSA) is 99.2 Å². The first kappa shape index (κ1) is 14.6. The zero-order chi connectivity index (χ0) is 15.4. The predicted molar refractivity (Wildman–Crippen MR) is 79.3 cm³/mol. The second kappa shape index (κ2) is 6.08. The summed E-state index contributed by atoms with van der Waals surface area (Å²) >= 11 is 0. The van der Waals surface area contributed by atoms with Gasteiger partial charge < -0.3 is 15.8 Å². The molecule has 3 N–H and O–H groups in total. The standard InChI is InChI=1S/C14H16N4O3/c1-9-7-13(20)18(14(16-9)21-2)8-12(19)17-11-5-3-10(15)4-6-11/h3-7H,8,15H2,1-2H3,(H,17,19). The van der Waals surface area contributed by atoms with Gasteiger partial charge in [0.1, 0.15) is 6.54 Å². The van der Waals surface area contributed by atoms with E-state index < -0.39 is 0 Å². The second-order valence-electron chi connectivity index (χ2n) is 4.48. The maximum atomic E-state index is 12.0. The molecule has 0 saturated heterocycles. The summed E-state index contributed by atoms with van der Waals surface area (Å²) in [4.78, 5) is 28.0. The third-order valence-corrected chi connectivity index (χ3v) is 2.78. The van der Waals surface area contributed by atoms with E-state index in [9.17, 15) is 9.59 Å². The molecule has 0 spiro atoms. The monoisotopic (exact) mass is 288 g/mol. The first-order valence-electron chi connectivity index (χ1n) is 6.27. The Balaban J connectivity index is 2.16. The molecule has 1 aromatic heterocycles. The largest absolute Gasteiger partial charge is 0.468 e. The summed E-state index contributed by atoms with van der Waals surface area (Å²) in [6.45, 7) is 1.50. The van der Waals surface area contributed by atoms with Gasteiger partial charge in [0.05, 0.1) is 7.11 Å². The third kappa shape index (κ3) is 3.59. The summed E-state index contributed by atoms with van der Waals surface area (Å²) < 4.78 is 6.20. The Hall–Kier alpha value is -2.83. The van der Waals surface area contributed by atoms with Crippen LogP contribution in [0.25, 0.3) is 0 Å². The van der Waals surface area contributed by atoms with Crippen LogP contribution in [-0.4, -0.2) is 22.6 Å². The van der Waals surface area contributed by atoms with Gasteiger partial charge in [-0.15, -0.1) is 0 Å². The average molecular weight is 288 g/mol. The highest BCUT2D eigenvalue weighted by molar-refractivity contribution is 5.90. The number of carbonyl (C=O) groups is 1. The lowest BCUT2D eigenvalue weighted by atomic mass is 10.3.